The lowest BCUT2D eigenvalue weighted by Crippen LogP contribution is -2.39. The number of aromatic nitrogens is 2. The standard InChI is InChI=1S/C15H25N3O2/c1-10(9-14-11(2)16-17(4)12(14)3)15(20)18(7-8-19)13-5-6-13/h10,13,19H,5-9H2,1-4H3. The molecule has 20 heavy (non-hydrogen) atoms. The first kappa shape index (κ1) is 15.0. The number of carbonyl (C=O) groups is 1. The zero-order chi connectivity index (χ0) is 14.9. The molecule has 1 fully saturated rings. The van der Waals surface area contributed by atoms with Gasteiger partial charge in [-0.15, -0.1) is 0 Å². The van der Waals surface area contributed by atoms with Crippen LogP contribution in [0.25, 0.3) is 0 Å². The molecule has 0 bridgehead atoms. The fraction of sp³-hybridized carbons (Fsp3) is 0.733. The summed E-state index contributed by atoms with van der Waals surface area (Å²) >= 11 is 0. The summed E-state index contributed by atoms with van der Waals surface area (Å²) in [6.45, 7) is 6.50. The number of nitrogens with zero attached hydrogens (tertiary/aromatic N) is 3. The molecule has 0 aromatic carbocycles. The Kier molecular flexibility index (Phi) is 4.48. The van der Waals surface area contributed by atoms with Gasteiger partial charge < -0.3 is 10.0 Å². The number of amides is 1. The second-order valence-corrected chi connectivity index (χ2v) is 5.86. The van der Waals surface area contributed by atoms with Crippen molar-refractivity contribution in [3.63, 3.8) is 0 Å². The van der Waals surface area contributed by atoms with E-state index in [1.165, 1.54) is 5.56 Å². The summed E-state index contributed by atoms with van der Waals surface area (Å²) < 4.78 is 1.87. The van der Waals surface area contributed by atoms with E-state index >= 15 is 0 Å². The highest BCUT2D eigenvalue weighted by Crippen LogP contribution is 2.28. The molecule has 1 heterocycles. The number of hydrogen-bond acceptors (Lipinski definition) is 3. The molecule has 1 aliphatic carbocycles. The topological polar surface area (TPSA) is 58.4 Å². The summed E-state index contributed by atoms with van der Waals surface area (Å²) in [4.78, 5) is 14.4. The van der Waals surface area contributed by atoms with Crippen molar-refractivity contribution in [2.24, 2.45) is 13.0 Å². The zero-order valence-corrected chi connectivity index (χ0v) is 12.9. The molecule has 0 aliphatic heterocycles. The minimum Gasteiger partial charge on any atom is -0.395 e. The molecule has 1 aromatic rings. The highest BCUT2D eigenvalue weighted by atomic mass is 16.3. The number of aryl methyl sites for hydroxylation is 2. The Balaban J connectivity index is 2.06. The van der Waals surface area contributed by atoms with Gasteiger partial charge in [0.2, 0.25) is 5.91 Å². The number of rotatable bonds is 6. The third-order valence-electron chi connectivity index (χ3n) is 4.20. The van der Waals surface area contributed by atoms with Crippen molar-refractivity contribution in [3.05, 3.63) is 17.0 Å². The van der Waals surface area contributed by atoms with Crippen LogP contribution in [0, 0.1) is 19.8 Å². The molecule has 5 heteroatoms. The maximum Gasteiger partial charge on any atom is 0.226 e. The highest BCUT2D eigenvalue weighted by Gasteiger charge is 2.34. The lowest BCUT2D eigenvalue weighted by Gasteiger charge is -2.25. The van der Waals surface area contributed by atoms with Crippen molar-refractivity contribution in [2.75, 3.05) is 13.2 Å². The lowest BCUT2D eigenvalue weighted by molar-refractivity contribution is -0.136. The quantitative estimate of drug-likeness (QED) is 0.851. The summed E-state index contributed by atoms with van der Waals surface area (Å²) in [7, 11) is 1.93. The van der Waals surface area contributed by atoms with Crippen LogP contribution in [0.15, 0.2) is 0 Å². The Hall–Kier alpha value is -1.36. The first-order valence-electron chi connectivity index (χ1n) is 7.36. The predicted octanol–water partition coefficient (Wildman–Crippen LogP) is 1.20. The first-order valence-corrected chi connectivity index (χ1v) is 7.36. The van der Waals surface area contributed by atoms with Crippen molar-refractivity contribution in [2.45, 2.75) is 46.1 Å². The largest absolute Gasteiger partial charge is 0.395 e. The van der Waals surface area contributed by atoms with Crippen LogP contribution in [0.3, 0.4) is 0 Å². The van der Waals surface area contributed by atoms with Crippen molar-refractivity contribution in [1.82, 2.24) is 14.7 Å². The summed E-state index contributed by atoms with van der Waals surface area (Å²) in [5.74, 6) is 0.0907. The third kappa shape index (κ3) is 3.03. The van der Waals surface area contributed by atoms with Gasteiger partial charge in [0.1, 0.15) is 0 Å². The Morgan fingerprint density at radius 3 is 2.60 bits per heavy atom. The highest BCUT2D eigenvalue weighted by molar-refractivity contribution is 5.79. The van der Waals surface area contributed by atoms with Gasteiger partial charge in [-0.3, -0.25) is 9.48 Å². The van der Waals surface area contributed by atoms with Crippen LogP contribution in [0.4, 0.5) is 0 Å². The number of hydrogen-bond donors (Lipinski definition) is 1. The molecular weight excluding hydrogens is 254 g/mol. The van der Waals surface area contributed by atoms with E-state index in [0.29, 0.717) is 12.6 Å². The van der Waals surface area contributed by atoms with E-state index in [1.807, 2.05) is 37.4 Å². The molecule has 5 nitrogen and oxygen atoms in total. The third-order valence-corrected chi connectivity index (χ3v) is 4.20. The van der Waals surface area contributed by atoms with Crippen LogP contribution in [0.1, 0.15) is 36.7 Å². The van der Waals surface area contributed by atoms with Gasteiger partial charge in [0, 0.05) is 31.2 Å². The molecule has 1 aromatic heterocycles. The van der Waals surface area contributed by atoms with E-state index in [4.69, 9.17) is 5.11 Å². The summed E-state index contributed by atoms with van der Waals surface area (Å²) in [6.07, 6.45) is 2.87. The average Bonchev–Trinajstić information content (AvgIpc) is 3.20. The first-order chi connectivity index (χ1) is 9.45. The van der Waals surface area contributed by atoms with Gasteiger partial charge in [-0.2, -0.15) is 5.10 Å². The average molecular weight is 279 g/mol. The van der Waals surface area contributed by atoms with Crippen LogP contribution in [0.5, 0.6) is 0 Å². The van der Waals surface area contributed by atoms with Crippen molar-refractivity contribution in [3.8, 4) is 0 Å². The van der Waals surface area contributed by atoms with Crippen LogP contribution in [-0.2, 0) is 18.3 Å². The van der Waals surface area contributed by atoms with E-state index in [9.17, 15) is 4.79 Å². The van der Waals surface area contributed by atoms with Gasteiger partial charge >= 0.3 is 0 Å². The van der Waals surface area contributed by atoms with E-state index < -0.39 is 0 Å². The molecule has 1 unspecified atom stereocenters. The van der Waals surface area contributed by atoms with Crippen LogP contribution in [-0.4, -0.2) is 44.9 Å². The molecule has 0 spiro atoms. The predicted molar refractivity (Wildman–Crippen MR) is 77.4 cm³/mol. The van der Waals surface area contributed by atoms with Crippen LogP contribution < -0.4 is 0 Å². The molecule has 1 N–H and O–H groups in total. The molecule has 1 aliphatic rings. The van der Waals surface area contributed by atoms with Gasteiger partial charge in [-0.05, 0) is 38.7 Å². The normalized spacial score (nSPS) is 16.2. The molecule has 2 rings (SSSR count). The Morgan fingerprint density at radius 1 is 1.50 bits per heavy atom. The molecule has 0 saturated heterocycles. The molecule has 1 saturated carbocycles. The maximum absolute atomic E-state index is 12.5. The second kappa shape index (κ2) is 5.95. The smallest absolute Gasteiger partial charge is 0.226 e. The fourth-order valence-corrected chi connectivity index (χ4v) is 2.76. The number of aliphatic hydroxyl groups excluding tert-OH is 1. The monoisotopic (exact) mass is 279 g/mol. The number of aliphatic hydroxyl groups is 1. The van der Waals surface area contributed by atoms with E-state index in [2.05, 4.69) is 5.10 Å². The molecular formula is C15H25N3O2. The maximum atomic E-state index is 12.5. The van der Waals surface area contributed by atoms with Gasteiger partial charge in [0.05, 0.1) is 12.3 Å². The van der Waals surface area contributed by atoms with E-state index in [-0.39, 0.29) is 18.4 Å². The molecule has 1 atom stereocenters. The fourth-order valence-electron chi connectivity index (χ4n) is 2.76. The minimum absolute atomic E-state index is 0.0416. The van der Waals surface area contributed by atoms with Gasteiger partial charge in [-0.1, -0.05) is 6.92 Å². The molecule has 0 radical (unpaired) electrons. The van der Waals surface area contributed by atoms with Crippen molar-refractivity contribution >= 4 is 5.91 Å². The van der Waals surface area contributed by atoms with Crippen LogP contribution >= 0.6 is 0 Å². The minimum atomic E-state index is -0.0660. The van der Waals surface area contributed by atoms with Crippen LogP contribution in [0.2, 0.25) is 0 Å². The summed E-state index contributed by atoms with van der Waals surface area (Å²) in [5, 5.41) is 13.5. The molecule has 1 amide bonds. The summed E-state index contributed by atoms with van der Waals surface area (Å²) in [5.41, 5.74) is 3.31. The second-order valence-electron chi connectivity index (χ2n) is 5.86. The van der Waals surface area contributed by atoms with Crippen molar-refractivity contribution in [1.29, 1.82) is 0 Å². The Labute approximate surface area is 120 Å². The van der Waals surface area contributed by atoms with E-state index in [1.54, 1.807) is 0 Å². The SMILES string of the molecule is Cc1nn(C)c(C)c1CC(C)C(=O)N(CCO)C1CC1. The zero-order valence-electron chi connectivity index (χ0n) is 12.9. The van der Waals surface area contributed by atoms with Gasteiger partial charge in [0.25, 0.3) is 0 Å². The van der Waals surface area contributed by atoms with Crippen molar-refractivity contribution < 1.29 is 9.90 Å². The molecule has 112 valence electrons. The lowest BCUT2D eigenvalue weighted by atomic mass is 9.98. The summed E-state index contributed by atoms with van der Waals surface area (Å²) in [6, 6.07) is 0.355. The van der Waals surface area contributed by atoms with Gasteiger partial charge in [0.15, 0.2) is 0 Å². The van der Waals surface area contributed by atoms with E-state index in [0.717, 1.165) is 30.7 Å². The van der Waals surface area contributed by atoms with Gasteiger partial charge in [-0.25, -0.2) is 0 Å². The Bertz CT molecular complexity index is 492. The Morgan fingerprint density at radius 2 is 2.15 bits per heavy atom. The number of carbonyl (C=O) groups excluding carboxylic acids is 1.